The summed E-state index contributed by atoms with van der Waals surface area (Å²) in [7, 11) is 0. The minimum absolute atomic E-state index is 0.217. The number of carbonyl (C=O) groups excluding carboxylic acids is 1. The fourth-order valence-electron chi connectivity index (χ4n) is 2.57. The number of nitrogen functional groups attached to an aromatic ring is 1. The summed E-state index contributed by atoms with van der Waals surface area (Å²) in [4.78, 5) is 14.0. The number of nitrogens with two attached hydrogens (primary N) is 1. The summed E-state index contributed by atoms with van der Waals surface area (Å²) in [6, 6.07) is 7.65. The molecule has 0 saturated carbocycles. The number of hydrogen-bond acceptors (Lipinski definition) is 4. The lowest BCUT2D eigenvalue weighted by Crippen LogP contribution is -2.36. The van der Waals surface area contributed by atoms with Gasteiger partial charge in [-0.3, -0.25) is 4.79 Å². The Kier molecular flexibility index (Phi) is 5.44. The first kappa shape index (κ1) is 15.2. The van der Waals surface area contributed by atoms with Gasteiger partial charge in [0.15, 0.2) is 0 Å². The van der Waals surface area contributed by atoms with Crippen LogP contribution >= 0.6 is 0 Å². The van der Waals surface area contributed by atoms with Crippen molar-refractivity contribution in [1.82, 2.24) is 4.90 Å². The number of nitrogens with one attached hydrogen (secondary N) is 1. The largest absolute Gasteiger partial charge is 0.398 e. The second-order valence-electron chi connectivity index (χ2n) is 5.37. The molecule has 1 aromatic carbocycles. The van der Waals surface area contributed by atoms with Crippen LogP contribution in [0, 0.1) is 11.3 Å². The number of carbonyl (C=O) groups is 1. The Morgan fingerprint density at radius 1 is 1.33 bits per heavy atom. The van der Waals surface area contributed by atoms with E-state index in [4.69, 9.17) is 11.0 Å². The summed E-state index contributed by atoms with van der Waals surface area (Å²) in [5, 5.41) is 12.0. The third-order valence-electron chi connectivity index (χ3n) is 3.79. The fraction of sp³-hybridized carbons (Fsp3) is 0.500. The van der Waals surface area contributed by atoms with Gasteiger partial charge in [-0.1, -0.05) is 0 Å². The van der Waals surface area contributed by atoms with Crippen molar-refractivity contribution in [3.05, 3.63) is 23.8 Å². The number of amides is 1. The lowest BCUT2D eigenvalue weighted by Gasteiger charge is -2.26. The van der Waals surface area contributed by atoms with Crippen LogP contribution in [-0.2, 0) is 11.2 Å². The Morgan fingerprint density at radius 3 is 2.81 bits per heavy atom. The Bertz CT molecular complexity index is 530. The summed E-state index contributed by atoms with van der Waals surface area (Å²) in [5.74, 6) is 0.217. The molecule has 112 valence electrons. The quantitative estimate of drug-likeness (QED) is 0.813. The first-order chi connectivity index (χ1) is 10.2. The van der Waals surface area contributed by atoms with Crippen molar-refractivity contribution in [3.8, 4) is 6.07 Å². The molecule has 1 saturated heterocycles. The van der Waals surface area contributed by atoms with E-state index < -0.39 is 0 Å². The van der Waals surface area contributed by atoms with Crippen LogP contribution in [0.1, 0.15) is 31.2 Å². The maximum absolute atomic E-state index is 12.0. The average Bonchev–Trinajstić information content (AvgIpc) is 2.51. The Labute approximate surface area is 125 Å². The average molecular weight is 286 g/mol. The van der Waals surface area contributed by atoms with Gasteiger partial charge in [0.1, 0.15) is 0 Å². The van der Waals surface area contributed by atoms with Gasteiger partial charge < -0.3 is 16.0 Å². The van der Waals surface area contributed by atoms with Crippen LogP contribution in [0.4, 0.5) is 11.4 Å². The standard InChI is InChI=1S/C16H22N4O/c17-8-6-13-12-14(4-5-15(13)18)19-9-7-16(21)20-10-2-1-3-11-20/h4-5,12,19H,1-3,6-7,9-11,18H2. The van der Waals surface area contributed by atoms with E-state index in [1.807, 2.05) is 17.0 Å². The van der Waals surface area contributed by atoms with Crippen molar-refractivity contribution in [2.75, 3.05) is 30.7 Å². The molecule has 3 N–H and O–H groups in total. The molecule has 1 aliphatic heterocycles. The molecular formula is C16H22N4O. The molecule has 0 spiro atoms. The second kappa shape index (κ2) is 7.53. The zero-order valence-corrected chi connectivity index (χ0v) is 12.3. The minimum Gasteiger partial charge on any atom is -0.398 e. The molecule has 2 rings (SSSR count). The molecule has 1 heterocycles. The van der Waals surface area contributed by atoms with E-state index in [2.05, 4.69) is 11.4 Å². The highest BCUT2D eigenvalue weighted by atomic mass is 16.2. The molecule has 1 aliphatic rings. The van der Waals surface area contributed by atoms with Crippen LogP contribution in [0.3, 0.4) is 0 Å². The van der Waals surface area contributed by atoms with E-state index in [1.165, 1.54) is 6.42 Å². The summed E-state index contributed by atoms with van der Waals surface area (Å²) >= 11 is 0. The van der Waals surface area contributed by atoms with Crippen LogP contribution in [0.15, 0.2) is 18.2 Å². The third-order valence-corrected chi connectivity index (χ3v) is 3.79. The number of anilines is 2. The highest BCUT2D eigenvalue weighted by Gasteiger charge is 2.15. The molecular weight excluding hydrogens is 264 g/mol. The number of nitrogens with zero attached hydrogens (tertiary/aromatic N) is 2. The van der Waals surface area contributed by atoms with Crippen molar-refractivity contribution < 1.29 is 4.79 Å². The predicted octanol–water partition coefficient (Wildman–Crippen LogP) is 2.15. The van der Waals surface area contributed by atoms with Gasteiger partial charge in [0, 0.05) is 37.4 Å². The minimum atomic E-state index is 0.217. The zero-order chi connectivity index (χ0) is 15.1. The highest BCUT2D eigenvalue weighted by molar-refractivity contribution is 5.76. The second-order valence-corrected chi connectivity index (χ2v) is 5.37. The van der Waals surface area contributed by atoms with Gasteiger partial charge in [-0.05, 0) is 43.0 Å². The Balaban J connectivity index is 1.81. The van der Waals surface area contributed by atoms with Crippen molar-refractivity contribution in [2.45, 2.75) is 32.1 Å². The molecule has 21 heavy (non-hydrogen) atoms. The van der Waals surface area contributed by atoms with Crippen molar-refractivity contribution in [3.63, 3.8) is 0 Å². The van der Waals surface area contributed by atoms with E-state index in [0.29, 0.717) is 25.1 Å². The summed E-state index contributed by atoms with van der Waals surface area (Å²) in [5.41, 5.74) is 8.17. The summed E-state index contributed by atoms with van der Waals surface area (Å²) < 4.78 is 0. The molecule has 5 nitrogen and oxygen atoms in total. The number of benzene rings is 1. The van der Waals surface area contributed by atoms with Crippen molar-refractivity contribution in [2.24, 2.45) is 0 Å². The zero-order valence-electron chi connectivity index (χ0n) is 12.3. The topological polar surface area (TPSA) is 82.2 Å². The van der Waals surface area contributed by atoms with Gasteiger partial charge in [-0.2, -0.15) is 5.26 Å². The van der Waals surface area contributed by atoms with Crippen LogP contribution < -0.4 is 11.1 Å². The molecule has 1 fully saturated rings. The number of rotatable bonds is 5. The number of hydrogen-bond donors (Lipinski definition) is 2. The molecule has 0 unspecified atom stereocenters. The molecule has 0 bridgehead atoms. The lowest BCUT2D eigenvalue weighted by molar-refractivity contribution is -0.131. The first-order valence-electron chi connectivity index (χ1n) is 7.47. The van der Waals surface area contributed by atoms with Crippen LogP contribution in [0.2, 0.25) is 0 Å². The summed E-state index contributed by atoms with van der Waals surface area (Å²) in [6.07, 6.45) is 4.27. The van der Waals surface area contributed by atoms with Crippen LogP contribution in [-0.4, -0.2) is 30.4 Å². The first-order valence-corrected chi connectivity index (χ1v) is 7.47. The number of nitriles is 1. The fourth-order valence-corrected chi connectivity index (χ4v) is 2.57. The van der Waals surface area contributed by atoms with E-state index >= 15 is 0 Å². The maximum Gasteiger partial charge on any atom is 0.224 e. The molecule has 1 amide bonds. The molecule has 1 aromatic rings. The SMILES string of the molecule is N#CCc1cc(NCCC(=O)N2CCCCC2)ccc1N. The van der Waals surface area contributed by atoms with Gasteiger partial charge in [0.2, 0.25) is 5.91 Å². The van der Waals surface area contributed by atoms with Crippen molar-refractivity contribution in [1.29, 1.82) is 5.26 Å². The molecule has 0 aromatic heterocycles. The summed E-state index contributed by atoms with van der Waals surface area (Å²) in [6.45, 7) is 2.39. The third kappa shape index (κ3) is 4.38. The lowest BCUT2D eigenvalue weighted by atomic mass is 10.1. The van der Waals surface area contributed by atoms with E-state index in [9.17, 15) is 4.79 Å². The number of likely N-dealkylation sites (tertiary alicyclic amines) is 1. The molecule has 0 aliphatic carbocycles. The van der Waals surface area contributed by atoms with Crippen LogP contribution in [0.25, 0.3) is 0 Å². The van der Waals surface area contributed by atoms with Crippen LogP contribution in [0.5, 0.6) is 0 Å². The monoisotopic (exact) mass is 286 g/mol. The molecule has 0 atom stereocenters. The van der Waals surface area contributed by atoms with E-state index in [1.54, 1.807) is 6.07 Å². The van der Waals surface area contributed by atoms with Gasteiger partial charge in [0.25, 0.3) is 0 Å². The normalized spacial score (nSPS) is 14.5. The van der Waals surface area contributed by atoms with E-state index in [-0.39, 0.29) is 5.91 Å². The van der Waals surface area contributed by atoms with Gasteiger partial charge in [-0.25, -0.2) is 0 Å². The Morgan fingerprint density at radius 2 is 2.10 bits per heavy atom. The Hall–Kier alpha value is -2.22. The molecule has 0 radical (unpaired) electrons. The van der Waals surface area contributed by atoms with Gasteiger partial charge in [-0.15, -0.1) is 0 Å². The maximum atomic E-state index is 12.0. The predicted molar refractivity (Wildman–Crippen MR) is 83.7 cm³/mol. The highest BCUT2D eigenvalue weighted by Crippen LogP contribution is 2.18. The molecule has 5 heteroatoms. The smallest absolute Gasteiger partial charge is 0.224 e. The van der Waals surface area contributed by atoms with E-state index in [0.717, 1.165) is 37.2 Å². The van der Waals surface area contributed by atoms with Crippen molar-refractivity contribution >= 4 is 17.3 Å². The number of piperidine rings is 1. The van der Waals surface area contributed by atoms with Gasteiger partial charge >= 0.3 is 0 Å². The van der Waals surface area contributed by atoms with Gasteiger partial charge in [0.05, 0.1) is 12.5 Å².